The van der Waals surface area contributed by atoms with Crippen molar-refractivity contribution in [2.24, 2.45) is 11.3 Å². The van der Waals surface area contributed by atoms with Gasteiger partial charge in [0.1, 0.15) is 5.60 Å². The molecule has 0 heterocycles. The summed E-state index contributed by atoms with van der Waals surface area (Å²) in [5.74, 6) is 0.566. The second-order valence-electron chi connectivity index (χ2n) is 6.15. The Morgan fingerprint density at radius 2 is 2.05 bits per heavy atom. The van der Waals surface area contributed by atoms with Crippen molar-refractivity contribution in [3.8, 4) is 6.07 Å². The fourth-order valence-electron chi connectivity index (χ4n) is 3.30. The highest BCUT2D eigenvalue weighted by atomic mass is 16.3. The quantitative estimate of drug-likeness (QED) is 0.891. The summed E-state index contributed by atoms with van der Waals surface area (Å²) in [5.41, 5.74) is 0.322. The van der Waals surface area contributed by atoms with Crippen LogP contribution in [0, 0.1) is 29.6 Å². The van der Waals surface area contributed by atoms with Crippen LogP contribution >= 0.6 is 0 Å². The van der Waals surface area contributed by atoms with Gasteiger partial charge in [0.15, 0.2) is 0 Å². The number of aliphatic hydroxyl groups is 1. The number of nitrogens with zero attached hydrogens (tertiary/aromatic N) is 1. The smallest absolute Gasteiger partial charge is 0.105 e. The molecule has 1 aromatic carbocycles. The molecule has 1 aromatic rings. The lowest BCUT2D eigenvalue weighted by molar-refractivity contribution is -0.0442. The lowest BCUT2D eigenvalue weighted by Gasteiger charge is -2.38. The monoisotopic (exact) mass is 257 g/mol. The minimum atomic E-state index is -1.07. The van der Waals surface area contributed by atoms with Gasteiger partial charge >= 0.3 is 0 Å². The zero-order valence-corrected chi connectivity index (χ0v) is 12.1. The third-order valence-corrected chi connectivity index (χ3v) is 4.95. The molecule has 1 fully saturated rings. The molecule has 0 amide bonds. The van der Waals surface area contributed by atoms with Gasteiger partial charge in [0.25, 0.3) is 0 Å². The standard InChI is InChI=1S/C17H23NO/c1-4-14-9-10-17(11-14,12-18)16(3,19)15-7-5-13(2)6-8-15/h5-8,14,19H,4,9-11H2,1-3H3. The Balaban J connectivity index is 2.37. The SMILES string of the molecule is CCC1CCC(C#N)(C(C)(O)c2ccc(C)cc2)C1. The molecule has 2 rings (SSSR count). The number of hydrogen-bond donors (Lipinski definition) is 1. The minimum Gasteiger partial charge on any atom is -0.384 e. The summed E-state index contributed by atoms with van der Waals surface area (Å²) >= 11 is 0. The van der Waals surface area contributed by atoms with Crippen LogP contribution in [0.3, 0.4) is 0 Å². The number of aryl methyl sites for hydroxylation is 1. The Morgan fingerprint density at radius 1 is 1.42 bits per heavy atom. The molecular formula is C17H23NO. The van der Waals surface area contributed by atoms with E-state index < -0.39 is 11.0 Å². The lowest BCUT2D eigenvalue weighted by Crippen LogP contribution is -2.41. The maximum atomic E-state index is 11.0. The largest absolute Gasteiger partial charge is 0.384 e. The Morgan fingerprint density at radius 3 is 2.53 bits per heavy atom. The first-order valence-corrected chi connectivity index (χ1v) is 7.16. The van der Waals surface area contributed by atoms with Crippen molar-refractivity contribution in [1.82, 2.24) is 0 Å². The molecule has 102 valence electrons. The van der Waals surface area contributed by atoms with E-state index in [4.69, 9.17) is 0 Å². The summed E-state index contributed by atoms with van der Waals surface area (Å²) in [6.45, 7) is 6.00. The fourth-order valence-corrected chi connectivity index (χ4v) is 3.30. The molecule has 0 saturated heterocycles. The zero-order chi connectivity index (χ0) is 14.1. The summed E-state index contributed by atoms with van der Waals surface area (Å²) in [4.78, 5) is 0. The van der Waals surface area contributed by atoms with Gasteiger partial charge in [-0.1, -0.05) is 43.2 Å². The van der Waals surface area contributed by atoms with E-state index in [1.54, 1.807) is 6.92 Å². The summed E-state index contributed by atoms with van der Waals surface area (Å²) in [6, 6.07) is 10.4. The van der Waals surface area contributed by atoms with Crippen molar-refractivity contribution in [3.05, 3.63) is 35.4 Å². The number of rotatable bonds is 3. The maximum absolute atomic E-state index is 11.0. The number of nitriles is 1. The van der Waals surface area contributed by atoms with Gasteiger partial charge in [0, 0.05) is 0 Å². The van der Waals surface area contributed by atoms with Gasteiger partial charge in [0.2, 0.25) is 0 Å². The lowest BCUT2D eigenvalue weighted by atomic mass is 9.68. The first-order chi connectivity index (χ1) is 8.95. The van der Waals surface area contributed by atoms with Crippen LogP contribution in [0.2, 0.25) is 0 Å². The highest BCUT2D eigenvalue weighted by Crippen LogP contribution is 2.53. The van der Waals surface area contributed by atoms with Crippen LogP contribution in [0.25, 0.3) is 0 Å². The molecule has 19 heavy (non-hydrogen) atoms. The van der Waals surface area contributed by atoms with Gasteiger partial charge in [-0.3, -0.25) is 0 Å². The molecule has 3 unspecified atom stereocenters. The van der Waals surface area contributed by atoms with Crippen molar-refractivity contribution < 1.29 is 5.11 Å². The van der Waals surface area contributed by atoms with Gasteiger partial charge < -0.3 is 5.11 Å². The van der Waals surface area contributed by atoms with E-state index in [-0.39, 0.29) is 0 Å². The van der Waals surface area contributed by atoms with Crippen LogP contribution in [0.15, 0.2) is 24.3 Å². The fraction of sp³-hybridized carbons (Fsp3) is 0.588. The molecule has 1 saturated carbocycles. The normalized spacial score (nSPS) is 29.7. The number of benzene rings is 1. The molecule has 0 aromatic heterocycles. The molecule has 2 heteroatoms. The van der Waals surface area contributed by atoms with Gasteiger partial charge in [-0.15, -0.1) is 0 Å². The van der Waals surface area contributed by atoms with E-state index in [1.807, 2.05) is 31.2 Å². The molecule has 1 N–H and O–H groups in total. The maximum Gasteiger partial charge on any atom is 0.105 e. The van der Waals surface area contributed by atoms with Crippen LogP contribution in [-0.4, -0.2) is 5.11 Å². The van der Waals surface area contributed by atoms with E-state index in [0.29, 0.717) is 5.92 Å². The van der Waals surface area contributed by atoms with E-state index in [9.17, 15) is 10.4 Å². The molecule has 1 aliphatic carbocycles. The number of hydrogen-bond acceptors (Lipinski definition) is 2. The highest BCUT2D eigenvalue weighted by Gasteiger charge is 2.52. The van der Waals surface area contributed by atoms with Gasteiger partial charge in [-0.05, 0) is 44.6 Å². The van der Waals surface area contributed by atoms with Gasteiger partial charge in [-0.2, -0.15) is 5.26 Å². The van der Waals surface area contributed by atoms with Crippen molar-refractivity contribution in [3.63, 3.8) is 0 Å². The van der Waals surface area contributed by atoms with E-state index in [2.05, 4.69) is 13.0 Å². The van der Waals surface area contributed by atoms with Crippen LogP contribution in [0.4, 0.5) is 0 Å². The molecule has 0 bridgehead atoms. The first kappa shape index (κ1) is 14.1. The van der Waals surface area contributed by atoms with E-state index in [1.165, 1.54) is 5.56 Å². The topological polar surface area (TPSA) is 44.0 Å². The minimum absolute atomic E-state index is 0.566. The predicted octanol–water partition coefficient (Wildman–Crippen LogP) is 3.92. The molecule has 0 radical (unpaired) electrons. The van der Waals surface area contributed by atoms with E-state index in [0.717, 1.165) is 31.2 Å². The highest BCUT2D eigenvalue weighted by molar-refractivity contribution is 5.31. The Labute approximate surface area is 116 Å². The summed E-state index contributed by atoms with van der Waals surface area (Å²) in [7, 11) is 0. The molecule has 1 aliphatic rings. The zero-order valence-electron chi connectivity index (χ0n) is 12.1. The third kappa shape index (κ3) is 2.28. The molecular weight excluding hydrogens is 234 g/mol. The van der Waals surface area contributed by atoms with Crippen molar-refractivity contribution in [1.29, 1.82) is 5.26 Å². The average Bonchev–Trinajstić information content (AvgIpc) is 2.84. The third-order valence-electron chi connectivity index (χ3n) is 4.95. The molecule has 3 atom stereocenters. The average molecular weight is 257 g/mol. The molecule has 2 nitrogen and oxygen atoms in total. The summed E-state index contributed by atoms with van der Waals surface area (Å²) in [6.07, 6.45) is 3.74. The van der Waals surface area contributed by atoms with Crippen LogP contribution in [0.1, 0.15) is 50.7 Å². The van der Waals surface area contributed by atoms with Crippen molar-refractivity contribution in [2.75, 3.05) is 0 Å². The van der Waals surface area contributed by atoms with Crippen LogP contribution in [0.5, 0.6) is 0 Å². The van der Waals surface area contributed by atoms with Crippen molar-refractivity contribution in [2.45, 2.75) is 52.1 Å². The second-order valence-corrected chi connectivity index (χ2v) is 6.15. The predicted molar refractivity (Wildman–Crippen MR) is 76.4 cm³/mol. The second kappa shape index (κ2) is 4.98. The van der Waals surface area contributed by atoms with Gasteiger partial charge in [0.05, 0.1) is 11.5 Å². The Hall–Kier alpha value is -1.33. The first-order valence-electron chi connectivity index (χ1n) is 7.16. The van der Waals surface area contributed by atoms with Gasteiger partial charge in [-0.25, -0.2) is 0 Å². The van der Waals surface area contributed by atoms with Crippen molar-refractivity contribution >= 4 is 0 Å². The van der Waals surface area contributed by atoms with Crippen LogP contribution < -0.4 is 0 Å². The molecule has 0 spiro atoms. The Bertz CT molecular complexity index is 483. The molecule has 0 aliphatic heterocycles. The summed E-state index contributed by atoms with van der Waals surface area (Å²) in [5, 5.41) is 20.7. The summed E-state index contributed by atoms with van der Waals surface area (Å²) < 4.78 is 0. The van der Waals surface area contributed by atoms with Crippen LogP contribution in [-0.2, 0) is 5.60 Å². The van der Waals surface area contributed by atoms with E-state index >= 15 is 0 Å². The Kier molecular flexibility index (Phi) is 3.69.